The predicted octanol–water partition coefficient (Wildman–Crippen LogP) is 2.78. The Hall–Kier alpha value is -2.70. The van der Waals surface area contributed by atoms with Gasteiger partial charge in [0.15, 0.2) is 5.75 Å². The summed E-state index contributed by atoms with van der Waals surface area (Å²) < 4.78 is 5.00. The lowest BCUT2D eigenvalue weighted by Gasteiger charge is -2.19. The van der Waals surface area contributed by atoms with Gasteiger partial charge in [0.2, 0.25) is 0 Å². The van der Waals surface area contributed by atoms with Crippen molar-refractivity contribution in [3.63, 3.8) is 0 Å². The number of benzene rings is 1. The van der Waals surface area contributed by atoms with Crippen molar-refractivity contribution in [1.29, 1.82) is 0 Å². The minimum absolute atomic E-state index is 0.0793. The van der Waals surface area contributed by atoms with Crippen LogP contribution in [0.4, 0.5) is 17.2 Å². The van der Waals surface area contributed by atoms with Gasteiger partial charge in [0.05, 0.1) is 12.0 Å². The molecule has 0 spiro atoms. The van der Waals surface area contributed by atoms with E-state index in [0.29, 0.717) is 17.3 Å². The van der Waals surface area contributed by atoms with Crippen LogP contribution in [0.5, 0.6) is 5.75 Å². The van der Waals surface area contributed by atoms with Crippen LogP contribution in [-0.4, -0.2) is 29.0 Å². The summed E-state index contributed by atoms with van der Waals surface area (Å²) in [5, 5.41) is 11.1. The number of hydrogen-bond donors (Lipinski definition) is 0. The second-order valence-corrected chi connectivity index (χ2v) is 4.59. The van der Waals surface area contributed by atoms with Gasteiger partial charge in [0.25, 0.3) is 0 Å². The van der Waals surface area contributed by atoms with Gasteiger partial charge in [0, 0.05) is 30.6 Å². The fourth-order valence-electron chi connectivity index (χ4n) is 2.03. The highest BCUT2D eigenvalue weighted by Crippen LogP contribution is 2.33. The first-order valence-corrected chi connectivity index (χ1v) is 6.31. The molecule has 0 fully saturated rings. The molecule has 1 aromatic carbocycles. The third kappa shape index (κ3) is 3.07. The van der Waals surface area contributed by atoms with Crippen LogP contribution in [-0.2, 0) is 0 Å². The van der Waals surface area contributed by atoms with E-state index in [9.17, 15) is 10.1 Å². The van der Waals surface area contributed by atoms with Crippen LogP contribution in [0.15, 0.2) is 24.3 Å². The first kappa shape index (κ1) is 14.7. The van der Waals surface area contributed by atoms with Crippen LogP contribution >= 0.6 is 0 Å². The maximum atomic E-state index is 11.1. The molecule has 0 N–H and O–H groups in total. The van der Waals surface area contributed by atoms with E-state index < -0.39 is 4.92 Å². The van der Waals surface area contributed by atoms with E-state index in [1.807, 2.05) is 13.0 Å². The molecular weight excluding hydrogens is 272 g/mol. The number of nitro benzene ring substituents is 1. The second-order valence-electron chi connectivity index (χ2n) is 4.59. The summed E-state index contributed by atoms with van der Waals surface area (Å²) in [6.45, 7) is 3.68. The van der Waals surface area contributed by atoms with Gasteiger partial charge in [-0.05, 0) is 26.0 Å². The van der Waals surface area contributed by atoms with Crippen LogP contribution in [0, 0.1) is 24.0 Å². The second kappa shape index (κ2) is 5.74. The molecule has 2 aromatic rings. The van der Waals surface area contributed by atoms with Crippen molar-refractivity contribution in [2.24, 2.45) is 0 Å². The monoisotopic (exact) mass is 288 g/mol. The van der Waals surface area contributed by atoms with Crippen molar-refractivity contribution in [3.05, 3.63) is 45.9 Å². The molecule has 0 atom stereocenters. The number of hydrogen-bond acceptors (Lipinski definition) is 6. The number of nitrogens with zero attached hydrogens (tertiary/aromatic N) is 4. The van der Waals surface area contributed by atoms with E-state index in [0.717, 1.165) is 5.69 Å². The van der Waals surface area contributed by atoms with Crippen molar-refractivity contribution >= 4 is 17.2 Å². The number of anilines is 2. The molecule has 1 aromatic heterocycles. The summed E-state index contributed by atoms with van der Waals surface area (Å²) in [6.07, 6.45) is 0. The Morgan fingerprint density at radius 1 is 1.24 bits per heavy atom. The third-order valence-corrected chi connectivity index (χ3v) is 3.04. The maximum absolute atomic E-state index is 11.1. The topological polar surface area (TPSA) is 81.4 Å². The Balaban J connectivity index is 2.45. The lowest BCUT2D eigenvalue weighted by molar-refractivity contribution is -0.385. The van der Waals surface area contributed by atoms with Crippen LogP contribution in [0.1, 0.15) is 11.5 Å². The Kier molecular flexibility index (Phi) is 4.02. The Bertz CT molecular complexity index is 668. The number of nitro groups is 1. The van der Waals surface area contributed by atoms with E-state index in [1.54, 1.807) is 31.0 Å². The van der Waals surface area contributed by atoms with Gasteiger partial charge in [-0.3, -0.25) is 10.1 Å². The van der Waals surface area contributed by atoms with E-state index in [4.69, 9.17) is 4.74 Å². The smallest absolute Gasteiger partial charge is 0.312 e. The first-order valence-electron chi connectivity index (χ1n) is 6.31. The highest BCUT2D eigenvalue weighted by molar-refractivity contribution is 5.65. The van der Waals surface area contributed by atoms with Crippen molar-refractivity contribution in [3.8, 4) is 5.75 Å². The van der Waals surface area contributed by atoms with Crippen molar-refractivity contribution in [2.45, 2.75) is 13.8 Å². The number of aromatic nitrogens is 2. The third-order valence-electron chi connectivity index (χ3n) is 3.04. The fourth-order valence-corrected chi connectivity index (χ4v) is 2.03. The molecule has 7 heteroatoms. The standard InChI is InChI=1S/C14H16N4O3/c1-9-7-14(16-10(2)15-9)17(3)11-5-6-13(21-4)12(8-11)18(19)20/h5-8H,1-4H3. The highest BCUT2D eigenvalue weighted by atomic mass is 16.6. The van der Waals surface area contributed by atoms with Gasteiger partial charge in [0.1, 0.15) is 11.6 Å². The van der Waals surface area contributed by atoms with E-state index in [2.05, 4.69) is 9.97 Å². The van der Waals surface area contributed by atoms with Crippen molar-refractivity contribution in [1.82, 2.24) is 9.97 Å². The normalized spacial score (nSPS) is 10.3. The molecular formula is C14H16N4O3. The predicted molar refractivity (Wildman–Crippen MR) is 79.2 cm³/mol. The summed E-state index contributed by atoms with van der Waals surface area (Å²) >= 11 is 0. The minimum Gasteiger partial charge on any atom is -0.490 e. The molecule has 0 aliphatic heterocycles. The summed E-state index contributed by atoms with van der Waals surface area (Å²) in [6, 6.07) is 6.61. The molecule has 0 radical (unpaired) electrons. The zero-order valence-electron chi connectivity index (χ0n) is 12.3. The quantitative estimate of drug-likeness (QED) is 0.635. The Morgan fingerprint density at radius 2 is 1.95 bits per heavy atom. The average Bonchev–Trinajstić information content (AvgIpc) is 2.44. The molecule has 110 valence electrons. The fraction of sp³-hybridized carbons (Fsp3) is 0.286. The minimum atomic E-state index is -0.466. The average molecular weight is 288 g/mol. The summed E-state index contributed by atoms with van der Waals surface area (Å²) in [5.74, 6) is 1.56. The Labute approximate surface area is 122 Å². The van der Waals surface area contributed by atoms with Crippen molar-refractivity contribution in [2.75, 3.05) is 19.1 Å². The van der Waals surface area contributed by atoms with Gasteiger partial charge in [-0.1, -0.05) is 0 Å². The van der Waals surface area contributed by atoms with Gasteiger partial charge in [-0.25, -0.2) is 9.97 Å². The number of ether oxygens (including phenoxy) is 1. The van der Waals surface area contributed by atoms with Gasteiger partial charge in [-0.2, -0.15) is 0 Å². The molecule has 7 nitrogen and oxygen atoms in total. The largest absolute Gasteiger partial charge is 0.490 e. The molecule has 0 unspecified atom stereocenters. The molecule has 0 saturated heterocycles. The molecule has 0 amide bonds. The van der Waals surface area contributed by atoms with Crippen molar-refractivity contribution < 1.29 is 9.66 Å². The van der Waals surface area contributed by atoms with Gasteiger partial charge < -0.3 is 9.64 Å². The number of rotatable bonds is 4. The summed E-state index contributed by atoms with van der Waals surface area (Å²) in [5.41, 5.74) is 1.41. The first-order chi connectivity index (χ1) is 9.92. The molecule has 0 aliphatic rings. The SMILES string of the molecule is COc1ccc(N(C)c2cc(C)nc(C)n2)cc1[N+](=O)[O-]. The molecule has 0 saturated carbocycles. The van der Waals surface area contributed by atoms with Gasteiger partial charge in [-0.15, -0.1) is 0 Å². The highest BCUT2D eigenvalue weighted by Gasteiger charge is 2.17. The Morgan fingerprint density at radius 3 is 2.52 bits per heavy atom. The molecule has 1 heterocycles. The summed E-state index contributed by atoms with van der Waals surface area (Å²) in [4.78, 5) is 20.9. The summed E-state index contributed by atoms with van der Waals surface area (Å²) in [7, 11) is 3.20. The van der Waals surface area contributed by atoms with Crippen LogP contribution in [0.25, 0.3) is 0 Å². The van der Waals surface area contributed by atoms with Crippen LogP contribution < -0.4 is 9.64 Å². The lowest BCUT2D eigenvalue weighted by Crippen LogP contribution is -2.13. The molecule has 2 rings (SSSR count). The number of methoxy groups -OCH3 is 1. The molecule has 0 bridgehead atoms. The van der Waals surface area contributed by atoms with Crippen LogP contribution in [0.3, 0.4) is 0 Å². The molecule has 21 heavy (non-hydrogen) atoms. The van der Waals surface area contributed by atoms with Crippen LogP contribution in [0.2, 0.25) is 0 Å². The van der Waals surface area contributed by atoms with E-state index in [-0.39, 0.29) is 11.4 Å². The number of aryl methyl sites for hydroxylation is 2. The lowest BCUT2D eigenvalue weighted by atomic mass is 10.2. The molecule has 0 aliphatic carbocycles. The van der Waals surface area contributed by atoms with E-state index in [1.165, 1.54) is 13.2 Å². The zero-order valence-corrected chi connectivity index (χ0v) is 12.3. The maximum Gasteiger partial charge on any atom is 0.312 e. The zero-order chi connectivity index (χ0) is 15.6. The van der Waals surface area contributed by atoms with Gasteiger partial charge >= 0.3 is 5.69 Å². The van der Waals surface area contributed by atoms with E-state index >= 15 is 0 Å².